The third-order valence-electron chi connectivity index (χ3n) is 6.62. The summed E-state index contributed by atoms with van der Waals surface area (Å²) in [7, 11) is 1.49. The largest absolute Gasteiger partial charge is 0.495 e. The van der Waals surface area contributed by atoms with Gasteiger partial charge in [-0.05, 0) is 113 Å². The van der Waals surface area contributed by atoms with Crippen molar-refractivity contribution in [1.29, 1.82) is 0 Å². The summed E-state index contributed by atoms with van der Waals surface area (Å²) in [6.45, 7) is 1.81. The van der Waals surface area contributed by atoms with E-state index >= 15 is 0 Å². The molecule has 40 heavy (non-hydrogen) atoms. The van der Waals surface area contributed by atoms with Crippen molar-refractivity contribution in [2.45, 2.75) is 13.3 Å². The molecule has 5 rings (SSSR count). The highest BCUT2D eigenvalue weighted by atomic mass is 79.9. The van der Waals surface area contributed by atoms with Crippen LogP contribution < -0.4 is 19.3 Å². The molecule has 13 heteroatoms. The van der Waals surface area contributed by atoms with Crippen LogP contribution in [0.5, 0.6) is 11.5 Å². The summed E-state index contributed by atoms with van der Waals surface area (Å²) in [5.41, 5.74) is 1.83. The first-order valence-corrected chi connectivity index (χ1v) is 15.2. The minimum Gasteiger partial charge on any atom is -0.495 e. The Balaban J connectivity index is 1.35. The molecule has 3 aromatic carbocycles. The summed E-state index contributed by atoms with van der Waals surface area (Å²) in [4.78, 5) is 55.0. The molecular formula is C27H17Br4ClN2O6. The van der Waals surface area contributed by atoms with Gasteiger partial charge in [-0.2, -0.15) is 0 Å². The number of methoxy groups -OCH3 is 1. The zero-order valence-electron chi connectivity index (χ0n) is 20.7. The number of nitrogens with zero attached hydrogens (tertiary/aromatic N) is 2. The van der Waals surface area contributed by atoms with Gasteiger partial charge in [-0.15, -0.1) is 0 Å². The molecule has 3 aromatic rings. The van der Waals surface area contributed by atoms with Gasteiger partial charge in [0, 0.05) is 35.9 Å². The topological polar surface area (TPSA) is 93.2 Å². The maximum Gasteiger partial charge on any atom is 0.316 e. The second kappa shape index (κ2) is 11.2. The monoisotopic (exact) mass is 816 g/mol. The maximum absolute atomic E-state index is 13.4. The van der Waals surface area contributed by atoms with Crippen LogP contribution in [0.4, 0.5) is 11.4 Å². The number of hydrogen-bond donors (Lipinski definition) is 0. The van der Waals surface area contributed by atoms with Crippen molar-refractivity contribution < 1.29 is 28.7 Å². The van der Waals surface area contributed by atoms with Crippen LogP contribution in [-0.2, 0) is 9.59 Å². The quantitative estimate of drug-likeness (QED) is 0.0873. The van der Waals surface area contributed by atoms with E-state index in [1.165, 1.54) is 18.1 Å². The van der Waals surface area contributed by atoms with E-state index in [9.17, 15) is 19.2 Å². The van der Waals surface area contributed by atoms with Crippen LogP contribution in [0, 0.1) is 12.8 Å². The minimum atomic E-state index is -0.709. The fourth-order valence-corrected chi connectivity index (χ4v) is 7.31. The van der Waals surface area contributed by atoms with Crippen molar-refractivity contribution in [3.05, 3.63) is 76.0 Å². The number of imide groups is 1. The van der Waals surface area contributed by atoms with Gasteiger partial charge >= 0.3 is 5.97 Å². The minimum absolute atomic E-state index is 0.0323. The Hall–Kier alpha value is -2.25. The molecule has 0 bridgehead atoms. The van der Waals surface area contributed by atoms with Gasteiger partial charge < -0.3 is 14.4 Å². The molecule has 2 aliphatic heterocycles. The molecule has 0 radical (unpaired) electrons. The lowest BCUT2D eigenvalue weighted by molar-refractivity contribution is -0.139. The first kappa shape index (κ1) is 29.2. The Kier molecular flexibility index (Phi) is 8.19. The predicted molar refractivity (Wildman–Crippen MR) is 164 cm³/mol. The molecule has 2 heterocycles. The van der Waals surface area contributed by atoms with Gasteiger partial charge in [0.05, 0.1) is 35.5 Å². The Labute approximate surface area is 267 Å². The number of fused-ring (bicyclic) bond motifs is 1. The molecule has 8 nitrogen and oxygen atoms in total. The molecule has 0 aliphatic carbocycles. The van der Waals surface area contributed by atoms with E-state index in [-0.39, 0.29) is 35.7 Å². The lowest BCUT2D eigenvalue weighted by Crippen LogP contribution is -2.30. The Morgan fingerprint density at radius 1 is 0.900 bits per heavy atom. The summed E-state index contributed by atoms with van der Waals surface area (Å²) in [5, 5.41) is 0.434. The predicted octanol–water partition coefficient (Wildman–Crippen LogP) is 7.47. The van der Waals surface area contributed by atoms with Gasteiger partial charge in [0.25, 0.3) is 11.8 Å². The number of aryl methyl sites for hydroxylation is 1. The zero-order valence-corrected chi connectivity index (χ0v) is 27.8. The second-order valence-corrected chi connectivity index (χ2v) is 12.7. The molecule has 0 N–H and O–H groups in total. The number of ether oxygens (including phenoxy) is 2. The number of hydrogen-bond acceptors (Lipinski definition) is 6. The van der Waals surface area contributed by atoms with E-state index < -0.39 is 23.7 Å². The van der Waals surface area contributed by atoms with Crippen molar-refractivity contribution >= 4 is 110 Å². The van der Waals surface area contributed by atoms with Gasteiger partial charge in [0.2, 0.25) is 5.91 Å². The summed E-state index contributed by atoms with van der Waals surface area (Å²) in [5.74, 6) is -1.84. The van der Waals surface area contributed by atoms with E-state index in [4.69, 9.17) is 21.1 Å². The average molecular weight is 821 g/mol. The summed E-state index contributed by atoms with van der Waals surface area (Å²) in [6.07, 6.45) is -0.0323. The molecule has 0 unspecified atom stereocenters. The van der Waals surface area contributed by atoms with Gasteiger partial charge in [0.15, 0.2) is 0 Å². The summed E-state index contributed by atoms with van der Waals surface area (Å²) >= 11 is 19.8. The van der Waals surface area contributed by atoms with Gasteiger partial charge in [-0.3, -0.25) is 19.2 Å². The SMILES string of the molecule is COc1ccc(Cl)cc1N1C[C@@H](C(=O)Oc2ccc(N3C(=O)c4c(Br)c(Br)c(Br)c(Br)c4C3=O)c(C)c2)CC1=O. The second-order valence-electron chi connectivity index (χ2n) is 9.04. The number of carbonyl (C=O) groups excluding carboxylic acids is 4. The summed E-state index contributed by atoms with van der Waals surface area (Å²) in [6, 6.07) is 9.55. The maximum atomic E-state index is 13.4. The van der Waals surface area contributed by atoms with Crippen LogP contribution in [0.3, 0.4) is 0 Å². The number of amides is 3. The van der Waals surface area contributed by atoms with Crippen LogP contribution in [0.25, 0.3) is 0 Å². The van der Waals surface area contributed by atoms with Gasteiger partial charge in [-0.25, -0.2) is 4.90 Å². The average Bonchev–Trinajstić information content (AvgIpc) is 3.43. The number of esters is 1. The molecule has 3 amide bonds. The standard InChI is InChI=1S/C27H17Br4ClN2O6/c1-11-7-14(40-27(38)12-8-18(35)33(10-12)16-9-13(32)3-6-17(16)39-2)4-5-15(11)34-25(36)19-20(26(34)37)22(29)24(31)23(30)21(19)28/h3-7,9,12H,8,10H2,1-2H3/t12-/m0/s1. The molecule has 0 spiro atoms. The third-order valence-corrected chi connectivity index (χ3v) is 11.6. The molecule has 2 aliphatic rings. The number of anilines is 2. The molecule has 1 saturated heterocycles. The fourth-order valence-electron chi connectivity index (χ4n) is 4.68. The van der Waals surface area contributed by atoms with E-state index in [0.29, 0.717) is 45.6 Å². The zero-order chi connectivity index (χ0) is 29.0. The number of halogens is 5. The summed E-state index contributed by atoms with van der Waals surface area (Å²) < 4.78 is 13.1. The van der Waals surface area contributed by atoms with Crippen LogP contribution in [0.2, 0.25) is 5.02 Å². The third kappa shape index (κ3) is 4.91. The van der Waals surface area contributed by atoms with E-state index in [1.54, 1.807) is 37.3 Å². The Morgan fingerprint density at radius 2 is 1.52 bits per heavy atom. The fraction of sp³-hybridized carbons (Fsp3) is 0.185. The van der Waals surface area contributed by atoms with Crippen molar-refractivity contribution in [1.82, 2.24) is 0 Å². The van der Waals surface area contributed by atoms with Crippen molar-refractivity contribution in [2.75, 3.05) is 23.5 Å². The van der Waals surface area contributed by atoms with Gasteiger partial charge in [-0.1, -0.05) is 11.6 Å². The molecule has 0 saturated carbocycles. The molecule has 1 atom stereocenters. The highest BCUT2D eigenvalue weighted by Gasteiger charge is 2.42. The highest BCUT2D eigenvalue weighted by Crippen LogP contribution is 2.46. The van der Waals surface area contributed by atoms with Crippen molar-refractivity contribution in [3.8, 4) is 11.5 Å². The molecule has 206 valence electrons. The van der Waals surface area contributed by atoms with Crippen LogP contribution in [0.1, 0.15) is 32.7 Å². The van der Waals surface area contributed by atoms with Gasteiger partial charge in [0.1, 0.15) is 11.5 Å². The lowest BCUT2D eigenvalue weighted by atomic mass is 10.1. The van der Waals surface area contributed by atoms with Crippen molar-refractivity contribution in [3.63, 3.8) is 0 Å². The molecule has 1 fully saturated rings. The van der Waals surface area contributed by atoms with Crippen LogP contribution in [0.15, 0.2) is 54.3 Å². The molecule has 0 aromatic heterocycles. The normalized spacial score (nSPS) is 16.6. The first-order valence-electron chi connectivity index (χ1n) is 11.7. The van der Waals surface area contributed by atoms with E-state index in [0.717, 1.165) is 4.90 Å². The van der Waals surface area contributed by atoms with Crippen LogP contribution in [-0.4, -0.2) is 37.3 Å². The highest BCUT2D eigenvalue weighted by molar-refractivity contribution is 9.15. The van der Waals surface area contributed by atoms with E-state index in [2.05, 4.69) is 63.7 Å². The smallest absolute Gasteiger partial charge is 0.316 e. The number of benzene rings is 3. The lowest BCUT2D eigenvalue weighted by Gasteiger charge is -2.20. The number of rotatable bonds is 5. The van der Waals surface area contributed by atoms with Crippen LogP contribution >= 0.6 is 75.3 Å². The first-order chi connectivity index (χ1) is 18.9. The Morgan fingerprint density at radius 3 is 2.10 bits per heavy atom. The molecular weight excluding hydrogens is 803 g/mol. The Bertz CT molecular complexity index is 1600. The number of carbonyl (C=O) groups is 4. The van der Waals surface area contributed by atoms with Crippen molar-refractivity contribution in [2.24, 2.45) is 5.92 Å². The van der Waals surface area contributed by atoms with E-state index in [1.807, 2.05) is 0 Å².